The van der Waals surface area contributed by atoms with Crippen molar-refractivity contribution in [3.05, 3.63) is 59.5 Å². The Bertz CT molecular complexity index is 844. The minimum absolute atomic E-state index is 0.0365. The number of amides is 1. The number of likely N-dealkylation sites (tertiary alicyclic amines) is 1. The number of rotatable bonds is 10. The van der Waals surface area contributed by atoms with Crippen LogP contribution in [0.25, 0.3) is 0 Å². The average molecular weight is 440 g/mol. The Kier molecular flexibility index (Phi) is 9.62. The van der Waals surface area contributed by atoms with Gasteiger partial charge in [-0.2, -0.15) is 0 Å². The number of carbonyl (C=O) groups is 1. The molecule has 1 saturated heterocycles. The first-order valence-electron chi connectivity index (χ1n) is 11.9. The minimum atomic E-state index is -0.0365. The van der Waals surface area contributed by atoms with Crippen LogP contribution in [0.3, 0.4) is 0 Å². The number of benzene rings is 1. The summed E-state index contributed by atoms with van der Waals surface area (Å²) in [5, 5.41) is 9.76. The van der Waals surface area contributed by atoms with E-state index < -0.39 is 0 Å². The molecule has 0 radical (unpaired) electrons. The lowest BCUT2D eigenvalue weighted by Gasteiger charge is -2.33. The van der Waals surface area contributed by atoms with Crippen LogP contribution in [0.4, 0.5) is 0 Å². The summed E-state index contributed by atoms with van der Waals surface area (Å²) in [7, 11) is 0. The van der Waals surface area contributed by atoms with Gasteiger partial charge in [0.05, 0.1) is 18.8 Å². The van der Waals surface area contributed by atoms with Crippen molar-refractivity contribution in [3.8, 4) is 0 Å². The molecule has 7 nitrogen and oxygen atoms in total. The monoisotopic (exact) mass is 439 g/mol. The number of carbonyl (C=O) groups excluding carboxylic acids is 1. The maximum Gasteiger partial charge on any atom is 0.251 e. The highest BCUT2D eigenvalue weighted by Crippen LogP contribution is 2.24. The number of nitrogens with zero attached hydrogens (tertiary/aromatic N) is 2. The van der Waals surface area contributed by atoms with Gasteiger partial charge >= 0.3 is 0 Å². The van der Waals surface area contributed by atoms with Crippen molar-refractivity contribution in [1.29, 1.82) is 0 Å². The van der Waals surface area contributed by atoms with Gasteiger partial charge in [0, 0.05) is 25.2 Å². The summed E-state index contributed by atoms with van der Waals surface area (Å²) < 4.78 is 5.75. The Hall–Kier alpha value is -2.80. The molecule has 2 aromatic rings. The number of nitrogens with one attached hydrogen (secondary N) is 3. The fourth-order valence-electron chi connectivity index (χ4n) is 3.98. The van der Waals surface area contributed by atoms with Crippen LogP contribution >= 0.6 is 0 Å². The zero-order valence-corrected chi connectivity index (χ0v) is 19.4. The van der Waals surface area contributed by atoms with E-state index >= 15 is 0 Å². The summed E-state index contributed by atoms with van der Waals surface area (Å²) in [5.41, 5.74) is 1.68. The molecule has 0 aliphatic carbocycles. The molecule has 0 saturated carbocycles. The average Bonchev–Trinajstić information content (AvgIpc) is 3.36. The van der Waals surface area contributed by atoms with Crippen molar-refractivity contribution >= 4 is 11.9 Å². The third-order valence-corrected chi connectivity index (χ3v) is 5.65. The first kappa shape index (κ1) is 23.9. The van der Waals surface area contributed by atoms with Crippen LogP contribution in [0, 0.1) is 0 Å². The summed E-state index contributed by atoms with van der Waals surface area (Å²) in [6.07, 6.45) is 6.43. The lowest BCUT2D eigenvalue weighted by Crippen LogP contribution is -2.44. The zero-order chi connectivity index (χ0) is 22.6. The third-order valence-electron chi connectivity index (χ3n) is 5.65. The Morgan fingerprint density at radius 1 is 1.09 bits per heavy atom. The van der Waals surface area contributed by atoms with Crippen LogP contribution in [0.5, 0.6) is 0 Å². The van der Waals surface area contributed by atoms with Gasteiger partial charge < -0.3 is 20.4 Å². The summed E-state index contributed by atoms with van der Waals surface area (Å²) in [4.78, 5) is 19.5. The molecule has 1 amide bonds. The molecule has 3 N–H and O–H groups in total. The summed E-state index contributed by atoms with van der Waals surface area (Å²) in [6.45, 7) is 8.97. The SMILES string of the molecule is CCCNC(=O)c1cccc(CN=C(NCC)NCC(c2ccco2)N2CCCCC2)c1. The second-order valence-electron chi connectivity index (χ2n) is 8.16. The van der Waals surface area contributed by atoms with E-state index in [-0.39, 0.29) is 11.9 Å². The molecule has 1 fully saturated rings. The molecule has 1 aliphatic rings. The number of guanidine groups is 1. The molecule has 174 valence electrons. The molecule has 32 heavy (non-hydrogen) atoms. The predicted octanol–water partition coefficient (Wildman–Crippen LogP) is 3.70. The molecule has 3 rings (SSSR count). The second-order valence-corrected chi connectivity index (χ2v) is 8.16. The molecule has 1 aromatic carbocycles. The number of furan rings is 1. The van der Waals surface area contributed by atoms with Gasteiger partial charge in [0.15, 0.2) is 5.96 Å². The summed E-state index contributed by atoms with van der Waals surface area (Å²) >= 11 is 0. The summed E-state index contributed by atoms with van der Waals surface area (Å²) in [5.74, 6) is 1.72. The number of hydrogen-bond acceptors (Lipinski definition) is 4. The first-order chi connectivity index (χ1) is 15.7. The van der Waals surface area contributed by atoms with Crippen molar-refractivity contribution in [2.75, 3.05) is 32.7 Å². The van der Waals surface area contributed by atoms with Crippen molar-refractivity contribution in [3.63, 3.8) is 0 Å². The standard InChI is InChI=1S/C25H37N5O2/c1-3-13-27-24(31)21-11-8-10-20(17-21)18-28-25(26-4-2)29-19-22(23-12-9-16-32-23)30-14-6-5-7-15-30/h8-12,16-17,22H,3-7,13-15,18-19H2,1-2H3,(H,27,31)(H2,26,28,29). The molecule has 0 bridgehead atoms. The maximum absolute atomic E-state index is 12.3. The smallest absolute Gasteiger partial charge is 0.251 e. The van der Waals surface area contributed by atoms with Gasteiger partial charge in [-0.15, -0.1) is 0 Å². The Balaban J connectivity index is 1.64. The van der Waals surface area contributed by atoms with E-state index in [4.69, 9.17) is 9.41 Å². The van der Waals surface area contributed by atoms with E-state index in [1.807, 2.05) is 37.3 Å². The van der Waals surface area contributed by atoms with E-state index in [1.54, 1.807) is 6.26 Å². The van der Waals surface area contributed by atoms with Crippen LogP contribution < -0.4 is 16.0 Å². The molecule has 1 aliphatic heterocycles. The molecule has 7 heteroatoms. The normalized spacial score (nSPS) is 15.9. The quantitative estimate of drug-likeness (QED) is 0.388. The minimum Gasteiger partial charge on any atom is -0.468 e. The van der Waals surface area contributed by atoms with E-state index in [0.29, 0.717) is 18.7 Å². The van der Waals surface area contributed by atoms with Gasteiger partial charge in [0.25, 0.3) is 5.91 Å². The highest BCUT2D eigenvalue weighted by molar-refractivity contribution is 5.94. The van der Waals surface area contributed by atoms with Crippen molar-refractivity contribution in [1.82, 2.24) is 20.9 Å². The predicted molar refractivity (Wildman–Crippen MR) is 129 cm³/mol. The second kappa shape index (κ2) is 12.9. The maximum atomic E-state index is 12.3. The van der Waals surface area contributed by atoms with E-state index in [9.17, 15) is 4.79 Å². The van der Waals surface area contributed by atoms with Crippen LogP contribution in [-0.2, 0) is 6.54 Å². The van der Waals surface area contributed by atoms with Crippen LogP contribution in [0.15, 0.2) is 52.1 Å². The van der Waals surface area contributed by atoms with Crippen molar-refractivity contribution < 1.29 is 9.21 Å². The number of piperidine rings is 1. The van der Waals surface area contributed by atoms with Crippen molar-refractivity contribution in [2.24, 2.45) is 4.99 Å². The summed E-state index contributed by atoms with van der Waals surface area (Å²) in [6, 6.07) is 11.9. The van der Waals surface area contributed by atoms with Crippen LogP contribution in [-0.4, -0.2) is 49.5 Å². The fraction of sp³-hybridized carbons (Fsp3) is 0.520. The van der Waals surface area contributed by atoms with E-state index in [2.05, 4.69) is 33.8 Å². The van der Waals surface area contributed by atoms with Gasteiger partial charge in [-0.3, -0.25) is 9.69 Å². The number of aliphatic imine (C=N–C) groups is 1. The van der Waals surface area contributed by atoms with Crippen molar-refractivity contribution in [2.45, 2.75) is 52.1 Å². The number of hydrogen-bond donors (Lipinski definition) is 3. The fourth-order valence-corrected chi connectivity index (χ4v) is 3.98. The molecule has 1 atom stereocenters. The van der Waals surface area contributed by atoms with E-state index in [1.165, 1.54) is 19.3 Å². The lowest BCUT2D eigenvalue weighted by molar-refractivity contribution is 0.0953. The highest BCUT2D eigenvalue weighted by atomic mass is 16.3. The van der Waals surface area contributed by atoms with Crippen LogP contribution in [0.1, 0.15) is 67.3 Å². The molecular weight excluding hydrogens is 402 g/mol. The lowest BCUT2D eigenvalue weighted by atomic mass is 10.1. The largest absolute Gasteiger partial charge is 0.468 e. The van der Waals surface area contributed by atoms with Gasteiger partial charge in [-0.05, 0) is 69.1 Å². The van der Waals surface area contributed by atoms with Gasteiger partial charge in [0.1, 0.15) is 5.76 Å². The highest BCUT2D eigenvalue weighted by Gasteiger charge is 2.24. The topological polar surface area (TPSA) is 81.9 Å². The van der Waals surface area contributed by atoms with Gasteiger partial charge in [-0.1, -0.05) is 25.5 Å². The first-order valence-corrected chi connectivity index (χ1v) is 11.9. The Labute approximate surface area is 191 Å². The van der Waals surface area contributed by atoms with Gasteiger partial charge in [0.2, 0.25) is 0 Å². The van der Waals surface area contributed by atoms with Gasteiger partial charge in [-0.25, -0.2) is 4.99 Å². The molecule has 0 spiro atoms. The molecule has 2 heterocycles. The Morgan fingerprint density at radius 2 is 1.94 bits per heavy atom. The molecular formula is C25H37N5O2. The van der Waals surface area contributed by atoms with E-state index in [0.717, 1.165) is 49.9 Å². The Morgan fingerprint density at radius 3 is 2.66 bits per heavy atom. The molecule has 1 unspecified atom stereocenters. The third kappa shape index (κ3) is 7.12. The molecule has 1 aromatic heterocycles. The zero-order valence-electron chi connectivity index (χ0n) is 19.4. The van der Waals surface area contributed by atoms with Crippen LogP contribution in [0.2, 0.25) is 0 Å².